The Kier molecular flexibility index (Phi) is 5.63. The molecule has 1 aliphatic rings. The van der Waals surface area contributed by atoms with Gasteiger partial charge in [0.05, 0.1) is 6.07 Å². The first-order valence-electron chi connectivity index (χ1n) is 5.95. The summed E-state index contributed by atoms with van der Waals surface area (Å²) in [5.41, 5.74) is 0. The maximum absolute atomic E-state index is 8.40. The summed E-state index contributed by atoms with van der Waals surface area (Å²) in [5.74, 6) is 0.880. The van der Waals surface area contributed by atoms with Crippen molar-refractivity contribution >= 4 is 0 Å². The quantitative estimate of drug-likeness (QED) is 0.683. The van der Waals surface area contributed by atoms with Gasteiger partial charge >= 0.3 is 0 Å². The molecule has 0 aromatic carbocycles. The molecule has 1 rings (SSSR count). The van der Waals surface area contributed by atoms with Gasteiger partial charge in [0.2, 0.25) is 0 Å². The van der Waals surface area contributed by atoms with Crippen LogP contribution in [0.15, 0.2) is 0 Å². The van der Waals surface area contributed by atoms with Gasteiger partial charge in [-0.25, -0.2) is 0 Å². The molecular weight excluding hydrogens is 172 g/mol. The summed E-state index contributed by atoms with van der Waals surface area (Å²) in [6, 6.07) is 2.83. The van der Waals surface area contributed by atoms with Crippen LogP contribution >= 0.6 is 0 Å². The van der Waals surface area contributed by atoms with Crippen LogP contribution in [-0.2, 0) is 0 Å². The van der Waals surface area contributed by atoms with Gasteiger partial charge in [-0.15, -0.1) is 0 Å². The molecule has 0 unspecified atom stereocenters. The Hall–Kier alpha value is -0.550. The molecule has 2 nitrogen and oxygen atoms in total. The summed E-state index contributed by atoms with van der Waals surface area (Å²) in [4.78, 5) is 0. The zero-order valence-electron chi connectivity index (χ0n) is 9.26. The van der Waals surface area contributed by atoms with Gasteiger partial charge in [0.15, 0.2) is 0 Å². The second kappa shape index (κ2) is 6.84. The number of nitrogens with one attached hydrogen (secondary N) is 1. The molecule has 1 N–H and O–H groups in total. The fourth-order valence-electron chi connectivity index (χ4n) is 2.30. The van der Waals surface area contributed by atoms with E-state index in [1.54, 1.807) is 0 Å². The van der Waals surface area contributed by atoms with E-state index in [4.69, 9.17) is 5.26 Å². The van der Waals surface area contributed by atoms with E-state index >= 15 is 0 Å². The third-order valence-electron chi connectivity index (χ3n) is 3.29. The Bertz CT molecular complexity index is 177. The average molecular weight is 194 g/mol. The Morgan fingerprint density at radius 2 is 2.07 bits per heavy atom. The fraction of sp³-hybridized carbons (Fsp3) is 0.917. The highest BCUT2D eigenvalue weighted by Crippen LogP contribution is 2.26. The van der Waals surface area contributed by atoms with Crippen molar-refractivity contribution in [2.45, 2.75) is 57.9 Å². The lowest BCUT2D eigenvalue weighted by Crippen LogP contribution is -2.35. The van der Waals surface area contributed by atoms with Gasteiger partial charge < -0.3 is 5.32 Å². The van der Waals surface area contributed by atoms with Crippen LogP contribution in [0.1, 0.15) is 51.9 Å². The molecule has 2 heteroatoms. The van der Waals surface area contributed by atoms with Crippen LogP contribution < -0.4 is 5.32 Å². The first-order chi connectivity index (χ1) is 6.84. The number of unbranched alkanes of at least 4 members (excludes halogenated alkanes) is 1. The molecule has 0 aliphatic heterocycles. The summed E-state index contributed by atoms with van der Waals surface area (Å²) in [6.45, 7) is 3.30. The van der Waals surface area contributed by atoms with Crippen LogP contribution in [0.5, 0.6) is 0 Å². The van der Waals surface area contributed by atoms with Crippen molar-refractivity contribution in [2.24, 2.45) is 5.92 Å². The Morgan fingerprint density at radius 1 is 1.36 bits per heavy atom. The maximum atomic E-state index is 8.40. The number of nitriles is 1. The molecule has 80 valence electrons. The van der Waals surface area contributed by atoms with Crippen molar-refractivity contribution in [1.82, 2.24) is 5.32 Å². The zero-order valence-corrected chi connectivity index (χ0v) is 9.26. The maximum Gasteiger partial charge on any atom is 0.0622 e. The SMILES string of the molecule is C[C@H](NCCCC#N)C1CCCCC1. The highest BCUT2D eigenvalue weighted by atomic mass is 14.9. The first kappa shape index (κ1) is 11.5. The average Bonchev–Trinajstić information content (AvgIpc) is 2.25. The van der Waals surface area contributed by atoms with Crippen molar-refractivity contribution in [3.05, 3.63) is 0 Å². The van der Waals surface area contributed by atoms with E-state index in [1.165, 1.54) is 32.1 Å². The molecule has 0 amide bonds. The number of rotatable bonds is 5. The van der Waals surface area contributed by atoms with Crippen molar-refractivity contribution in [1.29, 1.82) is 5.26 Å². The smallest absolute Gasteiger partial charge is 0.0622 e. The normalized spacial score (nSPS) is 20.3. The van der Waals surface area contributed by atoms with E-state index < -0.39 is 0 Å². The van der Waals surface area contributed by atoms with Gasteiger partial charge in [-0.05, 0) is 38.6 Å². The lowest BCUT2D eigenvalue weighted by Gasteiger charge is -2.28. The summed E-state index contributed by atoms with van der Waals surface area (Å²) >= 11 is 0. The van der Waals surface area contributed by atoms with Gasteiger partial charge in [0.1, 0.15) is 0 Å². The largest absolute Gasteiger partial charge is 0.314 e. The monoisotopic (exact) mass is 194 g/mol. The summed E-state index contributed by atoms with van der Waals surface area (Å²) < 4.78 is 0. The fourth-order valence-corrected chi connectivity index (χ4v) is 2.30. The van der Waals surface area contributed by atoms with Crippen molar-refractivity contribution < 1.29 is 0 Å². The Labute approximate surface area is 87.7 Å². The first-order valence-corrected chi connectivity index (χ1v) is 5.95. The number of hydrogen-bond acceptors (Lipinski definition) is 2. The van der Waals surface area contributed by atoms with Gasteiger partial charge in [0.25, 0.3) is 0 Å². The van der Waals surface area contributed by atoms with Crippen LogP contribution in [0.2, 0.25) is 0 Å². The topological polar surface area (TPSA) is 35.8 Å². The third-order valence-corrected chi connectivity index (χ3v) is 3.29. The summed E-state index contributed by atoms with van der Waals surface area (Å²) in [5, 5.41) is 11.9. The van der Waals surface area contributed by atoms with E-state index in [2.05, 4.69) is 18.3 Å². The molecule has 1 atom stereocenters. The molecule has 14 heavy (non-hydrogen) atoms. The molecule has 1 fully saturated rings. The molecule has 0 spiro atoms. The van der Waals surface area contributed by atoms with Gasteiger partial charge in [-0.2, -0.15) is 5.26 Å². The van der Waals surface area contributed by atoms with Crippen LogP contribution in [0.4, 0.5) is 0 Å². The van der Waals surface area contributed by atoms with E-state index in [0.29, 0.717) is 12.5 Å². The molecule has 1 saturated carbocycles. The van der Waals surface area contributed by atoms with Gasteiger partial charge in [-0.1, -0.05) is 19.3 Å². The molecule has 0 aromatic rings. The minimum atomic E-state index is 0.647. The Morgan fingerprint density at radius 3 is 2.71 bits per heavy atom. The van der Waals surface area contributed by atoms with Crippen molar-refractivity contribution in [3.63, 3.8) is 0 Å². The second-order valence-corrected chi connectivity index (χ2v) is 4.40. The van der Waals surface area contributed by atoms with Gasteiger partial charge in [-0.3, -0.25) is 0 Å². The van der Waals surface area contributed by atoms with Crippen LogP contribution in [0, 0.1) is 17.2 Å². The molecule has 0 radical (unpaired) electrons. The highest BCUT2D eigenvalue weighted by Gasteiger charge is 2.18. The van der Waals surface area contributed by atoms with Crippen LogP contribution in [0.25, 0.3) is 0 Å². The lowest BCUT2D eigenvalue weighted by atomic mass is 9.84. The molecule has 0 saturated heterocycles. The van der Waals surface area contributed by atoms with E-state index in [1.807, 2.05) is 0 Å². The summed E-state index contributed by atoms with van der Waals surface area (Å²) in [7, 11) is 0. The van der Waals surface area contributed by atoms with E-state index in [-0.39, 0.29) is 0 Å². The lowest BCUT2D eigenvalue weighted by molar-refractivity contribution is 0.281. The Balaban J connectivity index is 2.07. The molecule has 1 aliphatic carbocycles. The van der Waals surface area contributed by atoms with E-state index in [0.717, 1.165) is 18.9 Å². The second-order valence-electron chi connectivity index (χ2n) is 4.40. The van der Waals surface area contributed by atoms with Crippen LogP contribution in [-0.4, -0.2) is 12.6 Å². The molecule has 0 heterocycles. The predicted molar refractivity (Wildman–Crippen MR) is 58.9 cm³/mol. The summed E-state index contributed by atoms with van der Waals surface area (Å²) in [6.07, 6.45) is 8.72. The van der Waals surface area contributed by atoms with Crippen molar-refractivity contribution in [3.8, 4) is 6.07 Å². The van der Waals surface area contributed by atoms with Crippen LogP contribution in [0.3, 0.4) is 0 Å². The molecular formula is C12H22N2. The number of hydrogen-bond donors (Lipinski definition) is 1. The van der Waals surface area contributed by atoms with Crippen molar-refractivity contribution in [2.75, 3.05) is 6.54 Å². The minimum absolute atomic E-state index is 0.647. The van der Waals surface area contributed by atoms with E-state index in [9.17, 15) is 0 Å². The molecule has 0 aromatic heterocycles. The minimum Gasteiger partial charge on any atom is -0.314 e. The zero-order chi connectivity index (χ0) is 10.2. The molecule has 0 bridgehead atoms. The third kappa shape index (κ3) is 4.11. The predicted octanol–water partition coefficient (Wildman–Crippen LogP) is 2.85. The highest BCUT2D eigenvalue weighted by molar-refractivity contribution is 4.76. The van der Waals surface area contributed by atoms with Gasteiger partial charge in [0, 0.05) is 12.5 Å². The standard InChI is InChI=1S/C12H22N2/c1-11(14-10-6-5-9-13)12-7-3-2-4-8-12/h11-12,14H,2-8,10H2,1H3/t11-/m0/s1. The number of nitrogens with zero attached hydrogens (tertiary/aromatic N) is 1.